The molecule has 26 heavy (non-hydrogen) atoms. The lowest BCUT2D eigenvalue weighted by molar-refractivity contribution is -0.118. The van der Waals surface area contributed by atoms with E-state index in [2.05, 4.69) is 24.0 Å². The normalized spacial score (nSPS) is 11.9. The predicted octanol–water partition coefficient (Wildman–Crippen LogP) is 4.56. The minimum absolute atomic E-state index is 0.0718. The highest BCUT2D eigenvalue weighted by Gasteiger charge is 2.12. The minimum atomic E-state index is -0.0718. The molecule has 0 fully saturated rings. The smallest absolute Gasteiger partial charge is 0.248 e. The van der Waals surface area contributed by atoms with Crippen LogP contribution in [0.3, 0.4) is 0 Å². The summed E-state index contributed by atoms with van der Waals surface area (Å²) in [5.41, 5.74) is 2.15. The zero-order valence-corrected chi connectivity index (χ0v) is 16.8. The molecule has 1 amide bonds. The Hall–Kier alpha value is -2.05. The number of ether oxygens (including phenoxy) is 1. The number of carbonyl (C=O) groups is 1. The lowest BCUT2D eigenvalue weighted by Crippen LogP contribution is -2.13. The van der Waals surface area contributed by atoms with Gasteiger partial charge >= 0.3 is 0 Å². The van der Waals surface area contributed by atoms with Crippen molar-refractivity contribution in [2.24, 2.45) is 12.0 Å². The highest BCUT2D eigenvalue weighted by Crippen LogP contribution is 2.29. The van der Waals surface area contributed by atoms with Crippen LogP contribution in [0, 0.1) is 6.92 Å². The van der Waals surface area contributed by atoms with Crippen LogP contribution in [0.1, 0.15) is 18.4 Å². The molecular weight excluding hydrogens is 364 g/mol. The number of methoxy groups -OCH3 is 1. The molecule has 2 aromatic carbocycles. The number of thiazole rings is 1. The topological polar surface area (TPSA) is 43.6 Å². The average Bonchev–Trinajstić information content (AvgIpc) is 2.98. The zero-order valence-electron chi connectivity index (χ0n) is 15.2. The Labute approximate surface area is 161 Å². The van der Waals surface area contributed by atoms with Gasteiger partial charge in [0.15, 0.2) is 4.80 Å². The molecule has 136 valence electrons. The first-order valence-electron chi connectivity index (χ1n) is 8.48. The summed E-state index contributed by atoms with van der Waals surface area (Å²) in [5.74, 6) is 1.64. The number of hydrogen-bond acceptors (Lipinski definition) is 4. The van der Waals surface area contributed by atoms with Crippen LogP contribution in [0.5, 0.6) is 5.75 Å². The minimum Gasteiger partial charge on any atom is -0.495 e. The summed E-state index contributed by atoms with van der Waals surface area (Å²) >= 11 is 3.30. The second kappa shape index (κ2) is 8.56. The fourth-order valence-corrected chi connectivity index (χ4v) is 4.71. The third-order valence-corrected chi connectivity index (χ3v) is 6.46. The van der Waals surface area contributed by atoms with Crippen LogP contribution < -0.4 is 9.54 Å². The Morgan fingerprint density at radius 3 is 2.73 bits per heavy atom. The molecule has 0 aliphatic heterocycles. The summed E-state index contributed by atoms with van der Waals surface area (Å²) in [4.78, 5) is 18.6. The fourth-order valence-electron chi connectivity index (χ4n) is 2.71. The molecule has 0 saturated carbocycles. The van der Waals surface area contributed by atoms with Gasteiger partial charge in [0.1, 0.15) is 11.3 Å². The van der Waals surface area contributed by atoms with Crippen molar-refractivity contribution in [2.45, 2.75) is 24.7 Å². The number of benzene rings is 2. The number of fused-ring (bicyclic) bond motifs is 1. The zero-order chi connectivity index (χ0) is 18.5. The van der Waals surface area contributed by atoms with E-state index in [0.29, 0.717) is 11.2 Å². The van der Waals surface area contributed by atoms with Crippen molar-refractivity contribution in [3.63, 3.8) is 0 Å². The molecule has 0 radical (unpaired) electrons. The highest BCUT2D eigenvalue weighted by molar-refractivity contribution is 7.99. The SMILES string of the molecule is COc1ccc(C)c2sc(=NC(=O)CCCSc3ccccc3)n(C)c12. The molecule has 0 aliphatic rings. The average molecular weight is 387 g/mol. The summed E-state index contributed by atoms with van der Waals surface area (Å²) in [5, 5.41) is 0. The molecule has 0 bridgehead atoms. The number of thioether (sulfide) groups is 1. The Kier molecular flexibility index (Phi) is 6.16. The van der Waals surface area contributed by atoms with Gasteiger partial charge in [-0.2, -0.15) is 4.99 Å². The van der Waals surface area contributed by atoms with Crippen LogP contribution in [0.4, 0.5) is 0 Å². The molecule has 6 heteroatoms. The molecule has 0 unspecified atom stereocenters. The molecule has 0 aliphatic carbocycles. The van der Waals surface area contributed by atoms with Crippen molar-refractivity contribution < 1.29 is 9.53 Å². The fraction of sp³-hybridized carbons (Fsp3) is 0.300. The number of aryl methyl sites for hydroxylation is 2. The van der Waals surface area contributed by atoms with E-state index in [4.69, 9.17) is 4.74 Å². The standard InChI is InChI=1S/C20H22N2O2S2/c1-14-11-12-16(24-3)18-19(14)26-20(22(18)2)21-17(23)10-7-13-25-15-8-5-4-6-9-15/h4-6,8-9,11-12H,7,10,13H2,1-3H3. The highest BCUT2D eigenvalue weighted by atomic mass is 32.2. The van der Waals surface area contributed by atoms with Crippen LogP contribution in [0.25, 0.3) is 10.2 Å². The first-order chi connectivity index (χ1) is 12.6. The van der Waals surface area contributed by atoms with E-state index in [0.717, 1.165) is 33.7 Å². The van der Waals surface area contributed by atoms with E-state index >= 15 is 0 Å². The van der Waals surface area contributed by atoms with Crippen molar-refractivity contribution >= 4 is 39.2 Å². The predicted molar refractivity (Wildman–Crippen MR) is 109 cm³/mol. The Morgan fingerprint density at radius 2 is 2.00 bits per heavy atom. The third-order valence-electron chi connectivity index (χ3n) is 4.09. The van der Waals surface area contributed by atoms with Gasteiger partial charge in [-0.05, 0) is 42.9 Å². The second-order valence-corrected chi connectivity index (χ2v) is 8.12. The van der Waals surface area contributed by atoms with Crippen LogP contribution in [-0.4, -0.2) is 23.3 Å². The molecule has 0 atom stereocenters. The first-order valence-corrected chi connectivity index (χ1v) is 10.3. The molecule has 3 rings (SSSR count). The number of amides is 1. The van der Waals surface area contributed by atoms with Crippen molar-refractivity contribution in [1.29, 1.82) is 0 Å². The van der Waals surface area contributed by atoms with Crippen LogP contribution in [-0.2, 0) is 11.8 Å². The van der Waals surface area contributed by atoms with E-state index in [-0.39, 0.29) is 5.91 Å². The largest absolute Gasteiger partial charge is 0.495 e. The molecule has 1 aromatic heterocycles. The maximum atomic E-state index is 12.3. The van der Waals surface area contributed by atoms with Gasteiger partial charge in [0.05, 0.1) is 11.8 Å². The van der Waals surface area contributed by atoms with E-state index < -0.39 is 0 Å². The van der Waals surface area contributed by atoms with Crippen molar-refractivity contribution in [3.05, 3.63) is 52.8 Å². The monoisotopic (exact) mass is 386 g/mol. The number of hydrogen-bond donors (Lipinski definition) is 0. The van der Waals surface area contributed by atoms with Gasteiger partial charge in [0, 0.05) is 18.4 Å². The van der Waals surface area contributed by atoms with Crippen molar-refractivity contribution in [3.8, 4) is 5.75 Å². The summed E-state index contributed by atoms with van der Waals surface area (Å²) in [6.07, 6.45) is 1.28. The summed E-state index contributed by atoms with van der Waals surface area (Å²) in [6, 6.07) is 14.2. The number of carbonyl (C=O) groups excluding carboxylic acids is 1. The summed E-state index contributed by atoms with van der Waals surface area (Å²) in [6.45, 7) is 2.06. The van der Waals surface area contributed by atoms with Crippen molar-refractivity contribution in [1.82, 2.24) is 4.57 Å². The van der Waals surface area contributed by atoms with E-state index in [1.807, 2.05) is 41.9 Å². The summed E-state index contributed by atoms with van der Waals surface area (Å²) in [7, 11) is 3.59. The Morgan fingerprint density at radius 1 is 1.23 bits per heavy atom. The lowest BCUT2D eigenvalue weighted by Gasteiger charge is -2.05. The third kappa shape index (κ3) is 4.19. The van der Waals surface area contributed by atoms with E-state index in [1.54, 1.807) is 18.9 Å². The van der Waals surface area contributed by atoms with Crippen molar-refractivity contribution in [2.75, 3.05) is 12.9 Å². The van der Waals surface area contributed by atoms with Gasteiger partial charge < -0.3 is 9.30 Å². The second-order valence-electron chi connectivity index (χ2n) is 5.98. The van der Waals surface area contributed by atoms with Gasteiger partial charge in [-0.25, -0.2) is 0 Å². The first kappa shape index (κ1) is 18.7. The Bertz CT molecular complexity index is 975. The molecule has 3 aromatic rings. The van der Waals surface area contributed by atoms with E-state index in [9.17, 15) is 4.79 Å². The number of nitrogens with zero attached hydrogens (tertiary/aromatic N) is 2. The molecule has 1 heterocycles. The van der Waals surface area contributed by atoms with E-state index in [1.165, 1.54) is 16.2 Å². The van der Waals surface area contributed by atoms with Gasteiger partial charge in [-0.1, -0.05) is 35.6 Å². The molecular formula is C20H22N2O2S2. The number of aromatic nitrogens is 1. The van der Waals surface area contributed by atoms with Gasteiger partial charge in [-0.15, -0.1) is 11.8 Å². The molecule has 0 saturated heterocycles. The molecule has 4 nitrogen and oxygen atoms in total. The quantitative estimate of drug-likeness (QED) is 0.461. The molecule has 0 spiro atoms. The van der Waals surface area contributed by atoms with Crippen LogP contribution >= 0.6 is 23.1 Å². The summed E-state index contributed by atoms with van der Waals surface area (Å²) < 4.78 is 8.52. The van der Waals surface area contributed by atoms with Gasteiger partial charge in [-0.3, -0.25) is 4.79 Å². The maximum Gasteiger partial charge on any atom is 0.248 e. The lowest BCUT2D eigenvalue weighted by atomic mass is 10.2. The number of rotatable bonds is 6. The molecule has 0 N–H and O–H groups in total. The van der Waals surface area contributed by atoms with Gasteiger partial charge in [0.2, 0.25) is 5.91 Å². The van der Waals surface area contributed by atoms with Crippen LogP contribution in [0.15, 0.2) is 52.4 Å². The maximum absolute atomic E-state index is 12.3. The van der Waals surface area contributed by atoms with Crippen LogP contribution in [0.2, 0.25) is 0 Å². The Balaban J connectivity index is 1.70. The van der Waals surface area contributed by atoms with Gasteiger partial charge in [0.25, 0.3) is 0 Å².